The van der Waals surface area contributed by atoms with Gasteiger partial charge in [-0.3, -0.25) is 4.79 Å². The molecule has 1 heterocycles. The van der Waals surface area contributed by atoms with Crippen LogP contribution >= 0.6 is 0 Å². The number of nitrogens with zero attached hydrogens (tertiary/aromatic N) is 1. The van der Waals surface area contributed by atoms with E-state index in [1.165, 1.54) is 19.3 Å². The van der Waals surface area contributed by atoms with Crippen molar-refractivity contribution >= 4 is 5.78 Å². The number of likely N-dealkylation sites (tertiary alicyclic amines) is 1. The molecule has 2 aromatic rings. The van der Waals surface area contributed by atoms with Crippen LogP contribution in [0.15, 0.2) is 54.6 Å². The van der Waals surface area contributed by atoms with Crippen molar-refractivity contribution < 1.29 is 9.53 Å². The van der Waals surface area contributed by atoms with Gasteiger partial charge in [0.15, 0.2) is 5.78 Å². The Morgan fingerprint density at radius 2 is 1.52 bits per heavy atom. The summed E-state index contributed by atoms with van der Waals surface area (Å²) < 4.78 is 5.75. The minimum Gasteiger partial charge on any atom is -0.457 e. The number of piperidine rings is 1. The van der Waals surface area contributed by atoms with Crippen LogP contribution < -0.4 is 4.74 Å². The summed E-state index contributed by atoms with van der Waals surface area (Å²) in [5.74, 6) is 1.77. The van der Waals surface area contributed by atoms with E-state index >= 15 is 0 Å². The van der Waals surface area contributed by atoms with E-state index in [1.54, 1.807) is 0 Å². The van der Waals surface area contributed by atoms with Gasteiger partial charge in [0.05, 0.1) is 0 Å². The van der Waals surface area contributed by atoms with Gasteiger partial charge < -0.3 is 9.64 Å². The third kappa shape index (κ3) is 4.67. The van der Waals surface area contributed by atoms with Crippen LogP contribution in [0.5, 0.6) is 11.5 Å². The van der Waals surface area contributed by atoms with E-state index < -0.39 is 0 Å². The van der Waals surface area contributed by atoms with Crippen LogP contribution in [0.2, 0.25) is 0 Å². The monoisotopic (exact) mass is 309 g/mol. The molecule has 0 spiro atoms. The molecule has 0 saturated carbocycles. The highest BCUT2D eigenvalue weighted by molar-refractivity contribution is 5.96. The predicted molar refractivity (Wildman–Crippen MR) is 92.2 cm³/mol. The highest BCUT2D eigenvalue weighted by Gasteiger charge is 2.12. The summed E-state index contributed by atoms with van der Waals surface area (Å²) >= 11 is 0. The smallest absolute Gasteiger partial charge is 0.164 e. The standard InChI is InChI=1S/C20H23NO2/c22-20(13-16-21-14-5-2-6-15-21)17-9-11-19(12-10-17)23-18-7-3-1-4-8-18/h1,3-4,7-12H,2,5-6,13-16H2. The lowest BCUT2D eigenvalue weighted by atomic mass is 10.1. The first-order chi connectivity index (χ1) is 11.3. The molecule has 1 fully saturated rings. The molecular weight excluding hydrogens is 286 g/mol. The summed E-state index contributed by atoms with van der Waals surface area (Å²) in [7, 11) is 0. The lowest BCUT2D eigenvalue weighted by Gasteiger charge is -2.25. The van der Waals surface area contributed by atoms with Crippen LogP contribution in [-0.4, -0.2) is 30.3 Å². The first-order valence-electron chi connectivity index (χ1n) is 8.40. The molecule has 3 nitrogen and oxygen atoms in total. The van der Waals surface area contributed by atoms with Crippen LogP contribution in [-0.2, 0) is 0 Å². The summed E-state index contributed by atoms with van der Waals surface area (Å²) in [6.07, 6.45) is 4.45. The molecule has 0 amide bonds. The van der Waals surface area contributed by atoms with E-state index in [-0.39, 0.29) is 5.78 Å². The van der Waals surface area contributed by atoms with Crippen molar-refractivity contribution in [3.05, 3.63) is 60.2 Å². The molecule has 0 unspecified atom stereocenters. The zero-order chi connectivity index (χ0) is 15.9. The Balaban J connectivity index is 1.52. The average Bonchev–Trinajstić information content (AvgIpc) is 2.62. The highest BCUT2D eigenvalue weighted by Crippen LogP contribution is 2.21. The number of hydrogen-bond donors (Lipinski definition) is 0. The van der Waals surface area contributed by atoms with Gasteiger partial charge in [-0.25, -0.2) is 0 Å². The number of benzene rings is 2. The zero-order valence-electron chi connectivity index (χ0n) is 13.4. The largest absolute Gasteiger partial charge is 0.457 e. The Labute approximate surface area is 137 Å². The first kappa shape index (κ1) is 15.8. The van der Waals surface area contributed by atoms with Gasteiger partial charge >= 0.3 is 0 Å². The lowest BCUT2D eigenvalue weighted by molar-refractivity contribution is 0.0958. The maximum absolute atomic E-state index is 12.3. The molecule has 0 radical (unpaired) electrons. The minimum absolute atomic E-state index is 0.210. The average molecular weight is 309 g/mol. The van der Waals surface area contributed by atoms with Gasteiger partial charge in [0.25, 0.3) is 0 Å². The summed E-state index contributed by atoms with van der Waals surface area (Å²) in [6.45, 7) is 3.15. The highest BCUT2D eigenvalue weighted by atomic mass is 16.5. The van der Waals surface area contributed by atoms with Gasteiger partial charge in [0, 0.05) is 18.5 Å². The molecule has 0 bridgehead atoms. The molecular formula is C20H23NO2. The third-order valence-corrected chi connectivity index (χ3v) is 4.26. The number of hydrogen-bond acceptors (Lipinski definition) is 3. The molecule has 1 aliphatic rings. The normalized spacial score (nSPS) is 15.3. The van der Waals surface area contributed by atoms with Crippen LogP contribution in [0.3, 0.4) is 0 Å². The summed E-state index contributed by atoms with van der Waals surface area (Å²) in [5, 5.41) is 0. The van der Waals surface area contributed by atoms with Gasteiger partial charge in [-0.2, -0.15) is 0 Å². The van der Waals surface area contributed by atoms with Gasteiger partial charge in [-0.1, -0.05) is 24.6 Å². The molecule has 3 heteroatoms. The maximum atomic E-state index is 12.3. The number of ketones is 1. The Morgan fingerprint density at radius 3 is 2.22 bits per heavy atom. The molecule has 0 atom stereocenters. The van der Waals surface area contributed by atoms with Crippen LogP contribution in [0, 0.1) is 0 Å². The van der Waals surface area contributed by atoms with Gasteiger partial charge in [-0.05, 0) is 62.3 Å². The zero-order valence-corrected chi connectivity index (χ0v) is 13.4. The Morgan fingerprint density at radius 1 is 0.870 bits per heavy atom. The van der Waals surface area contributed by atoms with Gasteiger partial charge in [-0.15, -0.1) is 0 Å². The Kier molecular flexibility index (Phi) is 5.43. The van der Waals surface area contributed by atoms with Gasteiger partial charge in [0.2, 0.25) is 0 Å². The quantitative estimate of drug-likeness (QED) is 0.734. The van der Waals surface area contributed by atoms with E-state index in [0.717, 1.165) is 36.7 Å². The van der Waals surface area contributed by atoms with Crippen molar-refractivity contribution in [2.45, 2.75) is 25.7 Å². The molecule has 0 aromatic heterocycles. The molecule has 120 valence electrons. The van der Waals surface area contributed by atoms with Crippen molar-refractivity contribution in [3.8, 4) is 11.5 Å². The number of carbonyl (C=O) groups is 1. The number of para-hydroxylation sites is 1. The second-order valence-corrected chi connectivity index (χ2v) is 6.01. The fourth-order valence-corrected chi connectivity index (χ4v) is 2.92. The van der Waals surface area contributed by atoms with Crippen LogP contribution in [0.1, 0.15) is 36.0 Å². The van der Waals surface area contributed by atoms with Crippen LogP contribution in [0.4, 0.5) is 0 Å². The van der Waals surface area contributed by atoms with Crippen LogP contribution in [0.25, 0.3) is 0 Å². The Bertz CT molecular complexity index is 616. The molecule has 3 rings (SSSR count). The lowest BCUT2D eigenvalue weighted by Crippen LogP contribution is -2.31. The first-order valence-corrected chi connectivity index (χ1v) is 8.40. The summed E-state index contributed by atoms with van der Waals surface area (Å²) in [4.78, 5) is 14.7. The SMILES string of the molecule is O=C(CCN1CCCCC1)c1ccc(Oc2ccccc2)cc1. The van der Waals surface area contributed by atoms with E-state index in [9.17, 15) is 4.79 Å². The topological polar surface area (TPSA) is 29.5 Å². The molecule has 0 N–H and O–H groups in total. The van der Waals surface area contributed by atoms with E-state index in [0.29, 0.717) is 6.42 Å². The maximum Gasteiger partial charge on any atom is 0.164 e. The summed E-state index contributed by atoms with van der Waals surface area (Å²) in [6, 6.07) is 17.1. The fourth-order valence-electron chi connectivity index (χ4n) is 2.92. The van der Waals surface area contributed by atoms with Crippen molar-refractivity contribution in [1.82, 2.24) is 4.90 Å². The fraction of sp³-hybridized carbons (Fsp3) is 0.350. The van der Waals surface area contributed by atoms with E-state index in [4.69, 9.17) is 4.74 Å². The second-order valence-electron chi connectivity index (χ2n) is 6.01. The molecule has 23 heavy (non-hydrogen) atoms. The summed E-state index contributed by atoms with van der Waals surface area (Å²) in [5.41, 5.74) is 0.766. The number of carbonyl (C=O) groups excluding carboxylic acids is 1. The van der Waals surface area contributed by atoms with Crippen molar-refractivity contribution in [2.75, 3.05) is 19.6 Å². The van der Waals surface area contributed by atoms with E-state index in [2.05, 4.69) is 4.90 Å². The molecule has 2 aromatic carbocycles. The van der Waals surface area contributed by atoms with Gasteiger partial charge in [0.1, 0.15) is 11.5 Å². The van der Waals surface area contributed by atoms with Crippen molar-refractivity contribution in [2.24, 2.45) is 0 Å². The molecule has 1 aliphatic heterocycles. The molecule has 1 saturated heterocycles. The third-order valence-electron chi connectivity index (χ3n) is 4.26. The Hall–Kier alpha value is -2.13. The predicted octanol–water partition coefficient (Wildman–Crippen LogP) is 4.54. The van der Waals surface area contributed by atoms with E-state index in [1.807, 2.05) is 54.6 Å². The second kappa shape index (κ2) is 7.93. The number of ether oxygens (including phenoxy) is 1. The minimum atomic E-state index is 0.210. The van der Waals surface area contributed by atoms with Crippen molar-refractivity contribution in [1.29, 1.82) is 0 Å². The number of rotatable bonds is 6. The molecule has 0 aliphatic carbocycles. The van der Waals surface area contributed by atoms with Crippen molar-refractivity contribution in [3.63, 3.8) is 0 Å². The number of Topliss-reactive ketones (excluding diaryl/α,β-unsaturated/α-hetero) is 1.